The van der Waals surface area contributed by atoms with E-state index in [9.17, 15) is 4.79 Å². The van der Waals surface area contributed by atoms with Crippen molar-refractivity contribution in [3.8, 4) is 0 Å². The average molecular weight is 280 g/mol. The summed E-state index contributed by atoms with van der Waals surface area (Å²) in [7, 11) is 0. The highest BCUT2D eigenvalue weighted by molar-refractivity contribution is 5.85. The van der Waals surface area contributed by atoms with Crippen LogP contribution in [0.3, 0.4) is 0 Å². The van der Waals surface area contributed by atoms with E-state index in [1.165, 1.54) is 12.8 Å². The molecule has 0 spiro atoms. The number of carbonyl (C=O) groups excluding carboxylic acids is 1. The van der Waals surface area contributed by atoms with Crippen LogP contribution in [0.1, 0.15) is 47.0 Å². The minimum absolute atomic E-state index is 0.0251. The summed E-state index contributed by atoms with van der Waals surface area (Å²) in [5.41, 5.74) is 0. The Morgan fingerprint density at radius 3 is 2.40 bits per heavy atom. The molecule has 4 heteroatoms. The summed E-state index contributed by atoms with van der Waals surface area (Å²) in [5, 5.41) is 3.57. The van der Waals surface area contributed by atoms with Crippen molar-refractivity contribution >= 4 is 5.91 Å². The lowest BCUT2D eigenvalue weighted by atomic mass is 10.0. The Morgan fingerprint density at radius 2 is 1.85 bits per heavy atom. The Kier molecular flexibility index (Phi) is 3.80. The van der Waals surface area contributed by atoms with Crippen molar-refractivity contribution in [3.63, 3.8) is 0 Å². The second kappa shape index (κ2) is 5.30. The molecule has 1 N–H and O–H groups in total. The van der Waals surface area contributed by atoms with Crippen LogP contribution in [0.4, 0.5) is 0 Å². The van der Waals surface area contributed by atoms with Crippen LogP contribution >= 0.6 is 0 Å². The van der Waals surface area contributed by atoms with Crippen LogP contribution in [0.5, 0.6) is 0 Å². The highest BCUT2D eigenvalue weighted by Crippen LogP contribution is 2.42. The van der Waals surface area contributed by atoms with Gasteiger partial charge in [0.15, 0.2) is 0 Å². The van der Waals surface area contributed by atoms with Gasteiger partial charge in [0, 0.05) is 6.61 Å². The van der Waals surface area contributed by atoms with Crippen molar-refractivity contribution < 1.29 is 9.53 Å². The molecule has 0 radical (unpaired) electrons. The van der Waals surface area contributed by atoms with E-state index in [0.717, 1.165) is 13.0 Å². The van der Waals surface area contributed by atoms with Crippen LogP contribution in [-0.4, -0.2) is 41.8 Å². The Morgan fingerprint density at radius 1 is 1.15 bits per heavy atom. The molecular formula is C16H28N2O2. The van der Waals surface area contributed by atoms with E-state index in [2.05, 4.69) is 37.9 Å². The number of carbonyl (C=O) groups is 1. The normalized spacial score (nSPS) is 38.5. The van der Waals surface area contributed by atoms with Gasteiger partial charge in [0.2, 0.25) is 5.91 Å². The molecule has 3 fully saturated rings. The fourth-order valence-corrected chi connectivity index (χ4v) is 3.77. The van der Waals surface area contributed by atoms with Gasteiger partial charge in [-0.1, -0.05) is 27.7 Å². The summed E-state index contributed by atoms with van der Waals surface area (Å²) < 4.78 is 5.95. The molecule has 2 saturated heterocycles. The molecule has 1 aliphatic carbocycles. The molecule has 3 rings (SSSR count). The third kappa shape index (κ3) is 2.37. The van der Waals surface area contributed by atoms with Gasteiger partial charge in [-0.3, -0.25) is 10.1 Å². The number of hydrogen-bond donors (Lipinski definition) is 1. The van der Waals surface area contributed by atoms with E-state index in [4.69, 9.17) is 4.74 Å². The fourth-order valence-electron chi connectivity index (χ4n) is 3.77. The summed E-state index contributed by atoms with van der Waals surface area (Å²) >= 11 is 0. The minimum Gasteiger partial charge on any atom is -0.376 e. The molecule has 0 aromatic carbocycles. The molecule has 4 nitrogen and oxygen atoms in total. The van der Waals surface area contributed by atoms with Gasteiger partial charge in [-0.05, 0) is 37.0 Å². The first-order valence-electron chi connectivity index (χ1n) is 8.20. The molecule has 1 amide bonds. The maximum atomic E-state index is 12.8. The van der Waals surface area contributed by atoms with Crippen molar-refractivity contribution in [2.24, 2.45) is 17.8 Å². The van der Waals surface area contributed by atoms with Gasteiger partial charge in [0.1, 0.15) is 0 Å². The molecule has 0 aromatic heterocycles. The third-order valence-corrected chi connectivity index (χ3v) is 5.02. The van der Waals surface area contributed by atoms with Crippen LogP contribution in [-0.2, 0) is 9.53 Å². The predicted octanol–water partition coefficient (Wildman–Crippen LogP) is 1.99. The molecule has 3 aliphatic rings. The van der Waals surface area contributed by atoms with Gasteiger partial charge in [-0.15, -0.1) is 0 Å². The molecule has 0 bridgehead atoms. The first-order valence-corrected chi connectivity index (χ1v) is 8.20. The van der Waals surface area contributed by atoms with Crippen LogP contribution in [0.25, 0.3) is 0 Å². The summed E-state index contributed by atoms with van der Waals surface area (Å²) in [6.45, 7) is 9.46. The quantitative estimate of drug-likeness (QED) is 0.856. The van der Waals surface area contributed by atoms with E-state index in [-0.39, 0.29) is 18.3 Å². The number of rotatable bonds is 4. The zero-order chi connectivity index (χ0) is 14.4. The number of ether oxygens (including phenoxy) is 1. The Balaban J connectivity index is 1.82. The second-order valence-corrected chi connectivity index (χ2v) is 7.35. The van der Waals surface area contributed by atoms with Crippen LogP contribution < -0.4 is 5.32 Å². The largest absolute Gasteiger partial charge is 0.376 e. The van der Waals surface area contributed by atoms with Crippen molar-refractivity contribution in [2.45, 2.75) is 71.3 Å². The highest BCUT2D eigenvalue weighted by Gasteiger charge is 2.51. The monoisotopic (exact) mass is 280 g/mol. The molecule has 114 valence electrons. The van der Waals surface area contributed by atoms with Crippen LogP contribution in [0.2, 0.25) is 0 Å². The average Bonchev–Trinajstić information content (AvgIpc) is 3.00. The first kappa shape index (κ1) is 14.3. The Bertz CT molecular complexity index is 379. The summed E-state index contributed by atoms with van der Waals surface area (Å²) in [5.74, 6) is 1.76. The molecule has 0 aromatic rings. The topological polar surface area (TPSA) is 41.6 Å². The molecule has 20 heavy (non-hydrogen) atoms. The standard InChI is InChI=1S/C16H28N2O2/c1-9(2)13-16(19)18(15(17-13)10(3)4)12-7-8-20-14(12)11-5-6-11/h9-15,17H,5-8H2,1-4H3. The maximum Gasteiger partial charge on any atom is 0.241 e. The van der Waals surface area contributed by atoms with Gasteiger partial charge in [-0.25, -0.2) is 0 Å². The van der Waals surface area contributed by atoms with Crippen LogP contribution in [0.15, 0.2) is 0 Å². The predicted molar refractivity (Wildman–Crippen MR) is 78.1 cm³/mol. The van der Waals surface area contributed by atoms with E-state index >= 15 is 0 Å². The zero-order valence-corrected chi connectivity index (χ0v) is 13.1. The van der Waals surface area contributed by atoms with Gasteiger partial charge in [-0.2, -0.15) is 0 Å². The number of hydrogen-bond acceptors (Lipinski definition) is 3. The molecular weight excluding hydrogens is 252 g/mol. The van der Waals surface area contributed by atoms with E-state index in [0.29, 0.717) is 29.7 Å². The van der Waals surface area contributed by atoms with Crippen molar-refractivity contribution in [2.75, 3.05) is 6.61 Å². The maximum absolute atomic E-state index is 12.8. The summed E-state index contributed by atoms with van der Waals surface area (Å²) in [4.78, 5) is 15.0. The third-order valence-electron chi connectivity index (χ3n) is 5.02. The zero-order valence-electron chi connectivity index (χ0n) is 13.1. The van der Waals surface area contributed by atoms with Crippen LogP contribution in [0, 0.1) is 17.8 Å². The molecule has 1 saturated carbocycles. The van der Waals surface area contributed by atoms with Crippen molar-refractivity contribution in [1.82, 2.24) is 10.2 Å². The van der Waals surface area contributed by atoms with Gasteiger partial charge < -0.3 is 9.64 Å². The second-order valence-electron chi connectivity index (χ2n) is 7.35. The molecule has 2 aliphatic heterocycles. The van der Waals surface area contributed by atoms with Gasteiger partial charge in [0.05, 0.1) is 24.4 Å². The fraction of sp³-hybridized carbons (Fsp3) is 0.938. The van der Waals surface area contributed by atoms with Crippen molar-refractivity contribution in [3.05, 3.63) is 0 Å². The number of amides is 1. The van der Waals surface area contributed by atoms with Gasteiger partial charge >= 0.3 is 0 Å². The first-order chi connectivity index (χ1) is 9.50. The Hall–Kier alpha value is -0.610. The highest BCUT2D eigenvalue weighted by atomic mass is 16.5. The number of nitrogens with zero attached hydrogens (tertiary/aromatic N) is 1. The summed E-state index contributed by atoms with van der Waals surface area (Å²) in [6.07, 6.45) is 4.01. The SMILES string of the molecule is CC(C)C1NC(C(C)C)N(C2CCOC2C2CC2)C1=O. The van der Waals surface area contributed by atoms with Crippen molar-refractivity contribution in [1.29, 1.82) is 0 Å². The lowest BCUT2D eigenvalue weighted by molar-refractivity contribution is -0.135. The lowest BCUT2D eigenvalue weighted by Crippen LogP contribution is -2.50. The molecule has 4 unspecified atom stereocenters. The molecule has 4 atom stereocenters. The smallest absolute Gasteiger partial charge is 0.241 e. The van der Waals surface area contributed by atoms with E-state index < -0.39 is 0 Å². The number of nitrogens with one attached hydrogen (secondary N) is 1. The van der Waals surface area contributed by atoms with E-state index in [1.807, 2.05) is 0 Å². The lowest BCUT2D eigenvalue weighted by Gasteiger charge is -2.35. The summed E-state index contributed by atoms with van der Waals surface area (Å²) in [6, 6.07) is 0.265. The minimum atomic E-state index is -0.0251. The van der Waals surface area contributed by atoms with E-state index in [1.54, 1.807) is 0 Å². The Labute approximate surface area is 122 Å². The molecule has 2 heterocycles. The van der Waals surface area contributed by atoms with Gasteiger partial charge in [0.25, 0.3) is 0 Å².